The highest BCUT2D eigenvalue weighted by Gasteiger charge is 2.55. The number of amides is 1. The Morgan fingerprint density at radius 2 is 1.88 bits per heavy atom. The van der Waals surface area contributed by atoms with E-state index < -0.39 is 23.4 Å². The van der Waals surface area contributed by atoms with Gasteiger partial charge in [-0.25, -0.2) is 0 Å². The lowest BCUT2D eigenvalue weighted by atomic mass is 9.62. The van der Waals surface area contributed by atoms with E-state index in [9.17, 15) is 20.0 Å². The summed E-state index contributed by atoms with van der Waals surface area (Å²) in [6.45, 7) is 2.22. The van der Waals surface area contributed by atoms with Crippen LogP contribution in [-0.4, -0.2) is 37.3 Å². The molecule has 8 nitrogen and oxygen atoms in total. The van der Waals surface area contributed by atoms with Gasteiger partial charge in [0.25, 0.3) is 5.91 Å². The smallest absolute Gasteiger partial charge is 0.313 e. The van der Waals surface area contributed by atoms with Crippen LogP contribution in [0.25, 0.3) is 11.1 Å². The molecular weight excluding hydrogens is 436 g/mol. The number of carboxylic acid groups (broad SMARTS) is 1. The van der Waals surface area contributed by atoms with Crippen molar-refractivity contribution in [3.63, 3.8) is 0 Å². The van der Waals surface area contributed by atoms with E-state index in [1.807, 2.05) is 19.1 Å². The first kappa shape index (κ1) is 23.4. The number of benzene rings is 2. The normalized spacial score (nSPS) is 17.4. The molecule has 2 atom stereocenters. The number of carboxylic acids is 1. The second-order valence-corrected chi connectivity index (χ2v) is 8.69. The molecule has 1 aliphatic carbocycles. The minimum atomic E-state index is -1.15. The molecule has 1 aliphatic heterocycles. The van der Waals surface area contributed by atoms with Gasteiger partial charge >= 0.3 is 5.97 Å². The number of nitrogens with one attached hydrogen (secondary N) is 1. The number of carbonyl (C=O) groups is 2. The first-order valence-electron chi connectivity index (χ1n) is 11.4. The summed E-state index contributed by atoms with van der Waals surface area (Å²) >= 11 is 0. The number of aliphatic carboxylic acids is 1. The van der Waals surface area contributed by atoms with E-state index in [4.69, 9.17) is 14.2 Å². The third-order valence-corrected chi connectivity index (χ3v) is 7.07. The van der Waals surface area contributed by atoms with Gasteiger partial charge in [0, 0.05) is 17.7 Å². The van der Waals surface area contributed by atoms with Crippen molar-refractivity contribution in [2.75, 3.05) is 14.2 Å². The molecule has 0 saturated heterocycles. The number of hydrogen-bond donors (Lipinski definition) is 2. The molecule has 1 heterocycles. The van der Waals surface area contributed by atoms with Gasteiger partial charge in [-0.2, -0.15) is 5.26 Å². The number of ether oxygens (including phenoxy) is 3. The van der Waals surface area contributed by atoms with Crippen molar-refractivity contribution in [1.29, 1.82) is 5.26 Å². The summed E-state index contributed by atoms with van der Waals surface area (Å²) in [6.07, 6.45) is 1.19. The molecule has 0 aromatic heterocycles. The number of nitriles is 1. The van der Waals surface area contributed by atoms with Gasteiger partial charge in [0.1, 0.15) is 11.5 Å². The molecule has 1 amide bonds. The molecular formula is C26H28N2O6. The molecule has 1 fully saturated rings. The topological polar surface area (TPSA) is 118 Å². The van der Waals surface area contributed by atoms with Gasteiger partial charge in [0.2, 0.25) is 5.75 Å². The Bertz CT molecular complexity index is 1160. The van der Waals surface area contributed by atoms with Gasteiger partial charge < -0.3 is 24.6 Å². The standard InChI is InChI=1S/C26H28N2O6/c1-4-15(13-27)23(26(25(30)31)11-6-12-26)34-21-17(9-10-20(32-2)22(21)33-3)16-7-5-8-18-19(16)14-28-24(18)29/h5,7-10,15,23H,4,6,11-12,14H2,1-3H3,(H,28,29)(H,30,31). The van der Waals surface area contributed by atoms with E-state index in [2.05, 4.69) is 11.4 Å². The average molecular weight is 465 g/mol. The van der Waals surface area contributed by atoms with E-state index in [0.717, 1.165) is 17.5 Å². The summed E-state index contributed by atoms with van der Waals surface area (Å²) in [6, 6.07) is 11.3. The summed E-state index contributed by atoms with van der Waals surface area (Å²) in [7, 11) is 3.00. The quantitative estimate of drug-likeness (QED) is 0.572. The molecule has 2 aliphatic rings. The Kier molecular flexibility index (Phi) is 6.38. The summed E-state index contributed by atoms with van der Waals surface area (Å²) in [5.74, 6) is -0.702. The SMILES string of the molecule is CCC(C#N)C(Oc1c(-c2cccc3c2CNC3=O)ccc(OC)c1OC)C1(C(=O)O)CCC1. The zero-order valence-electron chi connectivity index (χ0n) is 19.5. The first-order valence-corrected chi connectivity index (χ1v) is 11.4. The van der Waals surface area contributed by atoms with Gasteiger partial charge in [-0.1, -0.05) is 25.5 Å². The van der Waals surface area contributed by atoms with Crippen LogP contribution in [0.15, 0.2) is 30.3 Å². The van der Waals surface area contributed by atoms with Gasteiger partial charge in [-0.05, 0) is 48.6 Å². The van der Waals surface area contributed by atoms with Crippen molar-refractivity contribution in [3.05, 3.63) is 41.5 Å². The van der Waals surface area contributed by atoms with Gasteiger partial charge in [0.15, 0.2) is 11.5 Å². The third kappa shape index (κ3) is 3.61. The third-order valence-electron chi connectivity index (χ3n) is 7.07. The number of fused-ring (bicyclic) bond motifs is 1. The van der Waals surface area contributed by atoms with Crippen molar-refractivity contribution in [3.8, 4) is 34.4 Å². The number of rotatable bonds is 9. The van der Waals surface area contributed by atoms with Gasteiger partial charge in [-0.15, -0.1) is 0 Å². The fourth-order valence-electron chi connectivity index (χ4n) is 4.99. The maximum Gasteiger partial charge on any atom is 0.313 e. The number of nitrogens with zero attached hydrogens (tertiary/aromatic N) is 1. The molecule has 178 valence electrons. The lowest BCUT2D eigenvalue weighted by Gasteiger charge is -2.45. The predicted octanol–water partition coefficient (Wildman–Crippen LogP) is 4.17. The summed E-state index contributed by atoms with van der Waals surface area (Å²) < 4.78 is 17.7. The number of methoxy groups -OCH3 is 2. The molecule has 8 heteroatoms. The maximum absolute atomic E-state index is 12.4. The molecule has 2 aromatic rings. The highest BCUT2D eigenvalue weighted by atomic mass is 16.5. The van der Waals surface area contributed by atoms with Crippen LogP contribution >= 0.6 is 0 Å². The minimum Gasteiger partial charge on any atom is -0.493 e. The van der Waals surface area contributed by atoms with E-state index in [1.54, 1.807) is 18.2 Å². The van der Waals surface area contributed by atoms with Crippen LogP contribution in [-0.2, 0) is 11.3 Å². The van der Waals surface area contributed by atoms with Crippen LogP contribution in [0.1, 0.15) is 48.5 Å². The van der Waals surface area contributed by atoms with Crippen LogP contribution in [0.4, 0.5) is 0 Å². The summed E-state index contributed by atoms with van der Waals surface area (Å²) in [5.41, 5.74) is 1.67. The van der Waals surface area contributed by atoms with Crippen molar-refractivity contribution in [2.45, 2.75) is 45.3 Å². The Labute approximate surface area is 198 Å². The largest absolute Gasteiger partial charge is 0.493 e. The van der Waals surface area contributed by atoms with Crippen LogP contribution in [0.3, 0.4) is 0 Å². The molecule has 0 bridgehead atoms. The second kappa shape index (κ2) is 9.26. The van der Waals surface area contributed by atoms with Crippen LogP contribution in [0.2, 0.25) is 0 Å². The number of carbonyl (C=O) groups excluding carboxylic acids is 1. The Morgan fingerprint density at radius 1 is 1.15 bits per heavy atom. The van der Waals surface area contributed by atoms with Crippen LogP contribution in [0.5, 0.6) is 17.2 Å². The first-order chi connectivity index (χ1) is 16.4. The fourth-order valence-corrected chi connectivity index (χ4v) is 4.99. The molecule has 2 N–H and O–H groups in total. The molecule has 0 radical (unpaired) electrons. The van der Waals surface area contributed by atoms with Crippen molar-refractivity contribution in [1.82, 2.24) is 5.32 Å². The van der Waals surface area contributed by atoms with E-state index in [0.29, 0.717) is 54.2 Å². The van der Waals surface area contributed by atoms with Gasteiger partial charge in [-0.3, -0.25) is 9.59 Å². The predicted molar refractivity (Wildman–Crippen MR) is 124 cm³/mol. The lowest BCUT2D eigenvalue weighted by molar-refractivity contribution is -0.166. The Hall–Kier alpha value is -3.73. The van der Waals surface area contributed by atoms with Crippen LogP contribution in [0, 0.1) is 22.7 Å². The highest BCUT2D eigenvalue weighted by molar-refractivity contribution is 6.01. The Balaban J connectivity index is 1.92. The molecule has 4 rings (SSSR count). The molecule has 1 saturated carbocycles. The Morgan fingerprint density at radius 3 is 2.44 bits per heavy atom. The molecule has 0 spiro atoms. The summed E-state index contributed by atoms with van der Waals surface area (Å²) in [4.78, 5) is 24.7. The van der Waals surface area contributed by atoms with Gasteiger partial charge in [0.05, 0.1) is 26.2 Å². The zero-order valence-corrected chi connectivity index (χ0v) is 19.5. The van der Waals surface area contributed by atoms with E-state index >= 15 is 0 Å². The summed E-state index contributed by atoms with van der Waals surface area (Å²) in [5, 5.41) is 22.9. The number of hydrogen-bond acceptors (Lipinski definition) is 6. The highest BCUT2D eigenvalue weighted by Crippen LogP contribution is 2.52. The fraction of sp³-hybridized carbons (Fsp3) is 0.423. The van der Waals surface area contributed by atoms with Crippen LogP contribution < -0.4 is 19.5 Å². The van der Waals surface area contributed by atoms with Crippen molar-refractivity contribution >= 4 is 11.9 Å². The van der Waals surface area contributed by atoms with Crippen molar-refractivity contribution < 1.29 is 28.9 Å². The monoisotopic (exact) mass is 464 g/mol. The zero-order chi connectivity index (χ0) is 24.5. The minimum absolute atomic E-state index is 0.146. The molecule has 2 unspecified atom stereocenters. The van der Waals surface area contributed by atoms with E-state index in [1.165, 1.54) is 14.2 Å². The molecule has 2 aromatic carbocycles. The lowest BCUT2D eigenvalue weighted by Crippen LogP contribution is -2.53. The van der Waals surface area contributed by atoms with E-state index in [-0.39, 0.29) is 5.91 Å². The molecule has 34 heavy (non-hydrogen) atoms. The second-order valence-electron chi connectivity index (χ2n) is 8.69. The van der Waals surface area contributed by atoms with Crippen molar-refractivity contribution in [2.24, 2.45) is 11.3 Å². The maximum atomic E-state index is 12.4. The average Bonchev–Trinajstić information content (AvgIpc) is 3.19.